The number of aliphatic hydroxyl groups is 1. The second-order valence-electron chi connectivity index (χ2n) is 29.8. The van der Waals surface area contributed by atoms with Gasteiger partial charge < -0.3 is 33.8 Å². The summed E-state index contributed by atoms with van der Waals surface area (Å²) in [5.41, 5.74) is 0. The van der Waals surface area contributed by atoms with Gasteiger partial charge in [0.05, 0.1) is 26.4 Å². The first-order valence-corrected chi connectivity index (χ1v) is 43.2. The van der Waals surface area contributed by atoms with E-state index in [9.17, 15) is 43.2 Å². The zero-order chi connectivity index (χ0) is 71.7. The smallest absolute Gasteiger partial charge is 0.462 e. The predicted molar refractivity (Wildman–Crippen MR) is 395 cm³/mol. The maximum absolute atomic E-state index is 13.1. The van der Waals surface area contributed by atoms with Crippen LogP contribution in [0, 0.1) is 23.7 Å². The van der Waals surface area contributed by atoms with Crippen LogP contribution in [-0.2, 0) is 65.4 Å². The zero-order valence-electron chi connectivity index (χ0n) is 63.7. The SMILES string of the molecule is CCC(C)CCCCCCCCCCC(=O)OC[C@H](COP(=O)(O)OC[C@H](O)COP(=O)(O)OC[C@@H](COC(=O)CCCCCCCCCCCCCC(C)C)OC(=O)CCCCCCCCCCCCCCCCC(C)C)OC(=O)CCCCCCCCCCCCCC(C)C. The van der Waals surface area contributed by atoms with Crippen LogP contribution in [0.3, 0.4) is 0 Å². The summed E-state index contributed by atoms with van der Waals surface area (Å²) < 4.78 is 68.6. The number of unbranched alkanes of at least 4 members (excludes halogenated alkanes) is 40. The molecule has 0 aliphatic rings. The molecule has 0 rings (SSSR count). The van der Waals surface area contributed by atoms with Crippen molar-refractivity contribution in [2.24, 2.45) is 23.7 Å². The van der Waals surface area contributed by atoms with Crippen LogP contribution in [0.1, 0.15) is 396 Å². The number of hydrogen-bond donors (Lipinski definition) is 3. The van der Waals surface area contributed by atoms with Gasteiger partial charge in [0.1, 0.15) is 19.3 Å². The van der Waals surface area contributed by atoms with Gasteiger partial charge in [0.2, 0.25) is 0 Å². The Morgan fingerprint density at radius 2 is 0.495 bits per heavy atom. The van der Waals surface area contributed by atoms with Crippen molar-refractivity contribution in [3.05, 3.63) is 0 Å². The number of phosphoric ester groups is 2. The van der Waals surface area contributed by atoms with E-state index in [-0.39, 0.29) is 25.7 Å². The third-order valence-electron chi connectivity index (χ3n) is 18.4. The molecule has 0 radical (unpaired) electrons. The van der Waals surface area contributed by atoms with E-state index in [4.69, 9.17) is 37.0 Å². The highest BCUT2D eigenvalue weighted by Crippen LogP contribution is 2.45. The first kappa shape index (κ1) is 95.1. The third kappa shape index (κ3) is 70.9. The number of ether oxygens (including phenoxy) is 4. The van der Waals surface area contributed by atoms with Crippen LogP contribution in [0.15, 0.2) is 0 Å². The van der Waals surface area contributed by atoms with Crippen molar-refractivity contribution in [2.45, 2.75) is 414 Å². The van der Waals surface area contributed by atoms with Crippen LogP contribution in [0.4, 0.5) is 0 Å². The fraction of sp³-hybridized carbons (Fsp3) is 0.949. The summed E-state index contributed by atoms with van der Waals surface area (Å²) in [5.74, 6) is 0.992. The monoisotopic (exact) mass is 1420 g/mol. The van der Waals surface area contributed by atoms with E-state index in [1.54, 1.807) is 0 Å². The van der Waals surface area contributed by atoms with Gasteiger partial charge in [0.15, 0.2) is 12.2 Å². The molecular weight excluding hydrogens is 1270 g/mol. The minimum absolute atomic E-state index is 0.106. The Kier molecular flexibility index (Phi) is 65.9. The minimum atomic E-state index is -4.96. The van der Waals surface area contributed by atoms with Crippen LogP contribution >= 0.6 is 15.6 Å². The lowest BCUT2D eigenvalue weighted by atomic mass is 9.99. The molecule has 0 spiro atoms. The van der Waals surface area contributed by atoms with Crippen molar-refractivity contribution in [1.82, 2.24) is 0 Å². The van der Waals surface area contributed by atoms with Gasteiger partial charge in [-0.2, -0.15) is 0 Å². The second-order valence-corrected chi connectivity index (χ2v) is 32.7. The molecule has 0 aliphatic carbocycles. The van der Waals surface area contributed by atoms with Gasteiger partial charge in [-0.1, -0.05) is 344 Å². The highest BCUT2D eigenvalue weighted by atomic mass is 31.2. The van der Waals surface area contributed by atoms with Crippen LogP contribution in [0.5, 0.6) is 0 Å². The van der Waals surface area contributed by atoms with E-state index in [1.165, 1.54) is 199 Å². The molecule has 0 fully saturated rings. The molecule has 0 bridgehead atoms. The van der Waals surface area contributed by atoms with E-state index >= 15 is 0 Å². The van der Waals surface area contributed by atoms with Crippen molar-refractivity contribution in [3.8, 4) is 0 Å². The molecule has 97 heavy (non-hydrogen) atoms. The number of hydrogen-bond acceptors (Lipinski definition) is 15. The molecule has 0 aromatic carbocycles. The first-order valence-electron chi connectivity index (χ1n) is 40.2. The number of rotatable bonds is 75. The van der Waals surface area contributed by atoms with Gasteiger partial charge >= 0.3 is 39.5 Å². The minimum Gasteiger partial charge on any atom is -0.462 e. The van der Waals surface area contributed by atoms with Crippen molar-refractivity contribution >= 4 is 39.5 Å². The molecule has 576 valence electrons. The molecule has 17 nitrogen and oxygen atoms in total. The lowest BCUT2D eigenvalue weighted by molar-refractivity contribution is -0.161. The molecule has 0 amide bonds. The highest BCUT2D eigenvalue weighted by molar-refractivity contribution is 7.47. The normalized spacial score (nSPS) is 14.4. The predicted octanol–water partition coefficient (Wildman–Crippen LogP) is 22.8. The average molecular weight is 1420 g/mol. The summed E-state index contributed by atoms with van der Waals surface area (Å²) in [7, 11) is -9.92. The molecular formula is C78H152O17P2. The molecule has 0 aromatic rings. The number of carbonyl (C=O) groups is 4. The fourth-order valence-electron chi connectivity index (χ4n) is 11.9. The summed E-state index contributed by atoms with van der Waals surface area (Å²) in [4.78, 5) is 72.9. The molecule has 0 heterocycles. The number of aliphatic hydroxyl groups excluding tert-OH is 1. The van der Waals surface area contributed by atoms with Gasteiger partial charge in [0, 0.05) is 25.7 Å². The van der Waals surface area contributed by atoms with E-state index in [0.29, 0.717) is 25.7 Å². The lowest BCUT2D eigenvalue weighted by Crippen LogP contribution is -2.30. The standard InChI is InChI=1S/C78H152O17P2/c1-9-71(8)57-49-41-33-28-29-35-43-51-59-76(81)89-65-74(95-78(83)61-53-45-37-27-21-15-18-24-32-40-48-56-70(6)7)67-93-97(86,87)91-63-72(79)62-90-96(84,85)92-66-73(64-88-75(80)58-50-42-34-25-20-14-17-23-31-39-47-55-69(4)5)94-77(82)60-52-44-36-26-19-13-11-10-12-16-22-30-38-46-54-68(2)3/h68-74,79H,9-67H2,1-8H3,(H,84,85)(H,86,87)/t71?,72-,73-,74-/m1/s1. The summed E-state index contributed by atoms with van der Waals surface area (Å²) in [6.45, 7) is 14.3. The van der Waals surface area contributed by atoms with Gasteiger partial charge in [-0.15, -0.1) is 0 Å². The van der Waals surface area contributed by atoms with Crippen molar-refractivity contribution in [3.63, 3.8) is 0 Å². The summed E-state index contributed by atoms with van der Waals surface area (Å²) in [6.07, 6.45) is 52.6. The molecule has 0 saturated carbocycles. The van der Waals surface area contributed by atoms with Gasteiger partial charge in [-0.05, 0) is 49.4 Å². The summed E-state index contributed by atoms with van der Waals surface area (Å²) in [6, 6.07) is 0. The molecule has 0 aromatic heterocycles. The first-order chi connectivity index (χ1) is 46.6. The molecule has 3 N–H and O–H groups in total. The van der Waals surface area contributed by atoms with Crippen LogP contribution in [-0.4, -0.2) is 96.7 Å². The molecule has 0 saturated heterocycles. The van der Waals surface area contributed by atoms with Crippen LogP contribution in [0.2, 0.25) is 0 Å². The summed E-state index contributed by atoms with van der Waals surface area (Å²) in [5, 5.41) is 10.6. The Labute approximate surface area is 594 Å². The Hall–Kier alpha value is -1.94. The topological polar surface area (TPSA) is 237 Å². The summed E-state index contributed by atoms with van der Waals surface area (Å²) >= 11 is 0. The van der Waals surface area contributed by atoms with Crippen molar-refractivity contribution in [1.29, 1.82) is 0 Å². The second kappa shape index (κ2) is 67.2. The third-order valence-corrected chi connectivity index (χ3v) is 20.3. The molecule has 19 heteroatoms. The molecule has 0 aliphatic heterocycles. The van der Waals surface area contributed by atoms with E-state index in [1.807, 2.05) is 0 Å². The quantitative estimate of drug-likeness (QED) is 0.0222. The van der Waals surface area contributed by atoms with Crippen molar-refractivity contribution < 1.29 is 80.2 Å². The maximum Gasteiger partial charge on any atom is 0.472 e. The Morgan fingerprint density at radius 1 is 0.289 bits per heavy atom. The van der Waals surface area contributed by atoms with Gasteiger partial charge in [-0.3, -0.25) is 37.3 Å². The van der Waals surface area contributed by atoms with Crippen LogP contribution in [0.25, 0.3) is 0 Å². The highest BCUT2D eigenvalue weighted by Gasteiger charge is 2.30. The largest absolute Gasteiger partial charge is 0.472 e. The zero-order valence-corrected chi connectivity index (χ0v) is 65.5. The number of carbonyl (C=O) groups excluding carboxylic acids is 4. The van der Waals surface area contributed by atoms with E-state index < -0.39 is 97.5 Å². The molecule has 3 unspecified atom stereocenters. The van der Waals surface area contributed by atoms with Gasteiger partial charge in [-0.25, -0.2) is 9.13 Å². The van der Waals surface area contributed by atoms with E-state index in [2.05, 4.69) is 55.4 Å². The number of esters is 4. The van der Waals surface area contributed by atoms with Gasteiger partial charge in [0.25, 0.3) is 0 Å². The van der Waals surface area contributed by atoms with Crippen LogP contribution < -0.4 is 0 Å². The van der Waals surface area contributed by atoms with Crippen molar-refractivity contribution in [2.75, 3.05) is 39.6 Å². The van der Waals surface area contributed by atoms with E-state index in [0.717, 1.165) is 114 Å². The molecule has 6 atom stereocenters. The number of phosphoric acid groups is 2. The average Bonchev–Trinajstić information content (AvgIpc) is 1.26. The maximum atomic E-state index is 13.1. The Balaban J connectivity index is 5.28. The fourth-order valence-corrected chi connectivity index (χ4v) is 13.5. The Morgan fingerprint density at radius 3 is 0.732 bits per heavy atom. The lowest BCUT2D eigenvalue weighted by Gasteiger charge is -2.21. The Bertz CT molecular complexity index is 1900.